The molecule has 2 aliphatic heterocycles. The van der Waals surface area contributed by atoms with E-state index in [1.54, 1.807) is 0 Å². The molecule has 2 aliphatic rings. The van der Waals surface area contributed by atoms with Gasteiger partial charge in [-0.25, -0.2) is 0 Å². The number of hydrogen-bond donors (Lipinski definition) is 2. The summed E-state index contributed by atoms with van der Waals surface area (Å²) in [6, 6.07) is 23.1. The summed E-state index contributed by atoms with van der Waals surface area (Å²) in [5.74, 6) is 0.578. The number of carbonyl (C=O) groups is 1. The van der Waals surface area contributed by atoms with Gasteiger partial charge in [-0.05, 0) is 64.2 Å². The average Bonchev–Trinajstić information content (AvgIpc) is 3.27. The van der Waals surface area contributed by atoms with Crippen LogP contribution in [0.5, 0.6) is 0 Å². The van der Waals surface area contributed by atoms with E-state index in [1.807, 2.05) is 47.4 Å². The predicted molar refractivity (Wildman–Crippen MR) is 141 cm³/mol. The first-order valence-corrected chi connectivity index (χ1v) is 12.6. The number of hydrogen-bond acceptors (Lipinski definition) is 4. The lowest BCUT2D eigenvalue weighted by Crippen LogP contribution is -2.38. The van der Waals surface area contributed by atoms with Crippen LogP contribution in [0, 0.1) is 0 Å². The lowest BCUT2D eigenvalue weighted by Gasteiger charge is -2.32. The third kappa shape index (κ3) is 5.35. The Morgan fingerprint density at radius 1 is 1.06 bits per heavy atom. The van der Waals surface area contributed by atoms with Crippen LogP contribution in [0.4, 0.5) is 0 Å². The van der Waals surface area contributed by atoms with Gasteiger partial charge in [0.15, 0.2) is 0 Å². The number of rotatable bonds is 6. The molecule has 5 rings (SSSR count). The molecule has 5 nitrogen and oxygen atoms in total. The summed E-state index contributed by atoms with van der Waals surface area (Å²) in [5.41, 5.74) is 7.18. The van der Waals surface area contributed by atoms with E-state index in [0.29, 0.717) is 24.1 Å². The minimum Gasteiger partial charge on any atom is -0.423 e. The van der Waals surface area contributed by atoms with Gasteiger partial charge in [0.2, 0.25) is 0 Å². The van der Waals surface area contributed by atoms with Crippen LogP contribution < -0.4 is 10.8 Å². The molecule has 2 N–H and O–H groups in total. The summed E-state index contributed by atoms with van der Waals surface area (Å²) >= 11 is 0. The molecule has 3 aromatic rings. The predicted octanol–water partition coefficient (Wildman–Crippen LogP) is 4.09. The third-order valence-corrected chi connectivity index (χ3v) is 7.17. The van der Waals surface area contributed by atoms with Gasteiger partial charge in [0.25, 0.3) is 5.91 Å². The monoisotopic (exact) mass is 468 g/mol. The van der Waals surface area contributed by atoms with Crippen LogP contribution in [0.1, 0.15) is 59.7 Å². The van der Waals surface area contributed by atoms with Gasteiger partial charge in [-0.3, -0.25) is 4.79 Å². The number of amides is 1. The molecule has 1 amide bonds. The van der Waals surface area contributed by atoms with Crippen LogP contribution in [0.25, 0.3) is 11.1 Å². The molecule has 2 heterocycles. The first-order valence-electron chi connectivity index (χ1n) is 12.6. The van der Waals surface area contributed by atoms with Crippen molar-refractivity contribution in [1.82, 2.24) is 10.2 Å². The summed E-state index contributed by atoms with van der Waals surface area (Å²) in [7, 11) is -0.872. The fourth-order valence-corrected chi connectivity index (χ4v) is 5.10. The average molecular weight is 468 g/mol. The Morgan fingerprint density at radius 3 is 2.63 bits per heavy atom. The summed E-state index contributed by atoms with van der Waals surface area (Å²) in [6.07, 6.45) is 1.96. The fraction of sp³-hybridized carbons (Fsp3) is 0.345. The van der Waals surface area contributed by atoms with Crippen molar-refractivity contribution in [2.75, 3.05) is 13.1 Å². The normalized spacial score (nSPS) is 16.1. The molecular formula is C29H33BN2O3. The van der Waals surface area contributed by atoms with Crippen molar-refractivity contribution in [3.63, 3.8) is 0 Å². The molecule has 0 bridgehead atoms. The van der Waals surface area contributed by atoms with Crippen LogP contribution in [0.2, 0.25) is 0 Å². The van der Waals surface area contributed by atoms with Crippen LogP contribution in [-0.2, 0) is 17.8 Å². The lowest BCUT2D eigenvalue weighted by atomic mass is 9.78. The number of nitrogens with zero attached hydrogens (tertiary/aromatic N) is 1. The number of fused-ring (bicyclic) bond motifs is 1. The number of piperidine rings is 1. The van der Waals surface area contributed by atoms with E-state index in [2.05, 4.69) is 43.4 Å². The maximum absolute atomic E-state index is 13.3. The van der Waals surface area contributed by atoms with Crippen molar-refractivity contribution in [3.8, 4) is 11.1 Å². The maximum atomic E-state index is 13.3. The fourth-order valence-electron chi connectivity index (χ4n) is 5.10. The molecule has 0 aromatic heterocycles. The Bertz CT molecular complexity index is 1200. The Balaban J connectivity index is 1.24. The van der Waals surface area contributed by atoms with Crippen molar-refractivity contribution >= 4 is 18.5 Å². The van der Waals surface area contributed by atoms with Gasteiger partial charge < -0.3 is 19.9 Å². The quantitative estimate of drug-likeness (QED) is 0.535. The summed E-state index contributed by atoms with van der Waals surface area (Å²) in [4.78, 5) is 15.3. The first-order chi connectivity index (χ1) is 17.0. The van der Waals surface area contributed by atoms with Gasteiger partial charge in [0.1, 0.15) is 0 Å². The smallest absolute Gasteiger partial charge is 0.423 e. The highest BCUT2D eigenvalue weighted by Crippen LogP contribution is 2.30. The zero-order valence-corrected chi connectivity index (χ0v) is 20.5. The van der Waals surface area contributed by atoms with Crippen molar-refractivity contribution in [3.05, 3.63) is 89.0 Å². The molecule has 1 fully saturated rings. The van der Waals surface area contributed by atoms with Crippen molar-refractivity contribution in [1.29, 1.82) is 0 Å². The van der Waals surface area contributed by atoms with E-state index in [-0.39, 0.29) is 5.91 Å². The van der Waals surface area contributed by atoms with E-state index < -0.39 is 7.12 Å². The van der Waals surface area contributed by atoms with E-state index in [0.717, 1.165) is 54.6 Å². The largest absolute Gasteiger partial charge is 0.491 e. The minimum atomic E-state index is -0.872. The van der Waals surface area contributed by atoms with Gasteiger partial charge in [-0.15, -0.1) is 0 Å². The minimum absolute atomic E-state index is 0.0877. The molecule has 6 heteroatoms. The van der Waals surface area contributed by atoms with Gasteiger partial charge >= 0.3 is 7.12 Å². The molecule has 3 aromatic carbocycles. The number of nitrogens with one attached hydrogen (secondary N) is 1. The van der Waals surface area contributed by atoms with Gasteiger partial charge in [0.05, 0.1) is 6.61 Å². The van der Waals surface area contributed by atoms with Crippen LogP contribution in [-0.4, -0.2) is 42.1 Å². The molecule has 180 valence electrons. The van der Waals surface area contributed by atoms with E-state index in [9.17, 15) is 9.82 Å². The van der Waals surface area contributed by atoms with Crippen molar-refractivity contribution in [2.24, 2.45) is 0 Å². The SMILES string of the molecule is CC(C)NCc1cccc(C2CCN(C(=O)c3cccc(-c4ccc5c(c4)B(O)OC5)c3)CC2)c1. The standard InChI is InChI=1S/C29H33BN2O3/c1-20(2)31-18-21-5-3-6-23(15-21)22-11-13-32(14-12-22)29(33)26-8-4-7-24(16-26)25-9-10-27-19-35-30(34)28(27)17-25/h3-10,15-17,20,22,31,34H,11-14,18-19H2,1-2H3. The zero-order chi connectivity index (χ0) is 24.4. The number of likely N-dealkylation sites (tertiary alicyclic amines) is 1. The molecule has 0 spiro atoms. The van der Waals surface area contributed by atoms with Crippen LogP contribution in [0.3, 0.4) is 0 Å². The molecule has 0 unspecified atom stereocenters. The lowest BCUT2D eigenvalue weighted by molar-refractivity contribution is 0.0713. The first kappa shape index (κ1) is 23.8. The molecule has 0 aliphatic carbocycles. The summed E-state index contributed by atoms with van der Waals surface area (Å²) in [5, 5.41) is 13.5. The summed E-state index contributed by atoms with van der Waals surface area (Å²) in [6.45, 7) is 7.18. The Morgan fingerprint density at radius 2 is 1.83 bits per heavy atom. The second kappa shape index (κ2) is 10.4. The van der Waals surface area contributed by atoms with Gasteiger partial charge in [0, 0.05) is 31.2 Å². The highest BCUT2D eigenvalue weighted by Gasteiger charge is 2.28. The van der Waals surface area contributed by atoms with E-state index in [4.69, 9.17) is 4.65 Å². The second-order valence-corrected chi connectivity index (χ2v) is 10.0. The zero-order valence-electron chi connectivity index (χ0n) is 20.5. The van der Waals surface area contributed by atoms with Gasteiger partial charge in [-0.1, -0.05) is 68.4 Å². The van der Waals surface area contributed by atoms with Crippen molar-refractivity contribution < 1.29 is 14.5 Å². The molecule has 1 saturated heterocycles. The maximum Gasteiger partial charge on any atom is 0.491 e. The molecular weight excluding hydrogens is 435 g/mol. The Kier molecular flexibility index (Phi) is 7.05. The molecule has 0 saturated carbocycles. The topological polar surface area (TPSA) is 61.8 Å². The Hall–Kier alpha value is -2.93. The Labute approximate surface area is 208 Å². The molecule has 0 radical (unpaired) electrons. The van der Waals surface area contributed by atoms with Crippen molar-refractivity contribution in [2.45, 2.75) is 51.8 Å². The van der Waals surface area contributed by atoms with E-state index in [1.165, 1.54) is 11.1 Å². The number of benzene rings is 3. The van der Waals surface area contributed by atoms with Crippen LogP contribution in [0.15, 0.2) is 66.7 Å². The second-order valence-electron chi connectivity index (χ2n) is 10.0. The molecule has 0 atom stereocenters. The summed E-state index contributed by atoms with van der Waals surface area (Å²) < 4.78 is 5.32. The van der Waals surface area contributed by atoms with Crippen LogP contribution >= 0.6 is 0 Å². The number of carbonyl (C=O) groups excluding carboxylic acids is 1. The van der Waals surface area contributed by atoms with E-state index >= 15 is 0 Å². The van der Waals surface area contributed by atoms with Gasteiger partial charge in [-0.2, -0.15) is 0 Å². The highest BCUT2D eigenvalue weighted by atomic mass is 16.5. The third-order valence-electron chi connectivity index (χ3n) is 7.17. The highest BCUT2D eigenvalue weighted by molar-refractivity contribution is 6.61. The molecule has 35 heavy (non-hydrogen) atoms.